The number of carbonyl (C=O) groups excluding carboxylic acids is 1. The highest BCUT2D eigenvalue weighted by molar-refractivity contribution is 9.09. The van der Waals surface area contributed by atoms with Crippen LogP contribution in [0.5, 0.6) is 0 Å². The van der Waals surface area contributed by atoms with Crippen LogP contribution in [0, 0.1) is 10.8 Å². The molecule has 3 atom stereocenters. The van der Waals surface area contributed by atoms with Crippen LogP contribution in [-0.4, -0.2) is 15.5 Å². The number of alkyl halides is 2. The van der Waals surface area contributed by atoms with Crippen LogP contribution in [0.15, 0.2) is 24.3 Å². The second kappa shape index (κ2) is 4.21. The van der Waals surface area contributed by atoms with E-state index in [4.69, 9.17) is 11.6 Å². The zero-order valence-corrected chi connectivity index (χ0v) is 13.6. The van der Waals surface area contributed by atoms with Crippen molar-refractivity contribution in [2.75, 3.05) is 0 Å². The lowest BCUT2D eigenvalue weighted by Gasteiger charge is -2.54. The fourth-order valence-electron chi connectivity index (χ4n) is 3.26. The molecular formula is C15H20BrClO. The first kappa shape index (κ1) is 14.3. The Kier molecular flexibility index (Phi) is 3.35. The zero-order chi connectivity index (χ0) is 13.8. The maximum absolute atomic E-state index is 12.0. The van der Waals surface area contributed by atoms with Crippen LogP contribution < -0.4 is 0 Å². The first-order valence-electron chi connectivity index (χ1n) is 6.38. The van der Waals surface area contributed by atoms with Crippen LogP contribution in [0.4, 0.5) is 0 Å². The second-order valence-electron chi connectivity index (χ2n) is 6.43. The normalized spacial score (nSPS) is 43.5. The summed E-state index contributed by atoms with van der Waals surface area (Å²) in [6.45, 7) is 10.5. The van der Waals surface area contributed by atoms with Crippen molar-refractivity contribution in [3.05, 3.63) is 24.3 Å². The molecule has 0 aromatic carbocycles. The molecule has 100 valence electrons. The van der Waals surface area contributed by atoms with Crippen LogP contribution in [-0.2, 0) is 4.79 Å². The fourth-order valence-corrected chi connectivity index (χ4v) is 4.22. The Hall–Kier alpha value is -0.0800. The molecule has 0 bridgehead atoms. The van der Waals surface area contributed by atoms with Gasteiger partial charge in [0.05, 0.1) is 4.87 Å². The minimum atomic E-state index is -0.230. The third-order valence-corrected chi connectivity index (χ3v) is 7.03. The van der Waals surface area contributed by atoms with Crippen LogP contribution in [0.25, 0.3) is 0 Å². The van der Waals surface area contributed by atoms with E-state index in [1.165, 1.54) is 0 Å². The van der Waals surface area contributed by atoms with Gasteiger partial charge in [0.15, 0.2) is 5.78 Å². The molecule has 0 radical (unpaired) electrons. The lowest BCUT2D eigenvalue weighted by Crippen LogP contribution is -2.51. The molecular weight excluding hydrogens is 312 g/mol. The summed E-state index contributed by atoms with van der Waals surface area (Å²) >= 11 is 10.2. The van der Waals surface area contributed by atoms with E-state index in [1.54, 1.807) is 6.08 Å². The van der Waals surface area contributed by atoms with Gasteiger partial charge in [0.25, 0.3) is 0 Å². The van der Waals surface area contributed by atoms with E-state index in [9.17, 15) is 4.79 Å². The van der Waals surface area contributed by atoms with Gasteiger partial charge in [-0.2, -0.15) is 0 Å². The summed E-state index contributed by atoms with van der Waals surface area (Å²) in [6, 6.07) is 0. The maximum atomic E-state index is 12.0. The number of allylic oxidation sites excluding steroid dienone is 3. The molecule has 2 aliphatic carbocycles. The van der Waals surface area contributed by atoms with Crippen LogP contribution >= 0.6 is 27.5 Å². The van der Waals surface area contributed by atoms with Crippen molar-refractivity contribution in [3.8, 4) is 0 Å². The van der Waals surface area contributed by atoms with Crippen LogP contribution in [0.3, 0.4) is 0 Å². The molecule has 0 amide bonds. The Balaban J connectivity index is 2.44. The van der Waals surface area contributed by atoms with Gasteiger partial charge in [0.2, 0.25) is 0 Å². The Morgan fingerprint density at radius 3 is 2.56 bits per heavy atom. The van der Waals surface area contributed by atoms with E-state index in [2.05, 4.69) is 43.3 Å². The first-order chi connectivity index (χ1) is 8.12. The van der Waals surface area contributed by atoms with E-state index < -0.39 is 0 Å². The molecule has 3 unspecified atom stereocenters. The average molecular weight is 332 g/mol. The molecule has 1 saturated carbocycles. The summed E-state index contributed by atoms with van der Waals surface area (Å²) in [5.41, 5.74) is 0.560. The molecule has 0 heterocycles. The Morgan fingerprint density at radius 1 is 1.39 bits per heavy atom. The van der Waals surface area contributed by atoms with E-state index in [-0.39, 0.29) is 26.3 Å². The highest BCUT2D eigenvalue weighted by Crippen LogP contribution is 2.60. The Bertz CT molecular complexity index is 436. The van der Waals surface area contributed by atoms with Gasteiger partial charge in [0.1, 0.15) is 0 Å². The average Bonchev–Trinajstić information content (AvgIpc) is 2.27. The lowest BCUT2D eigenvalue weighted by molar-refractivity contribution is -0.114. The molecule has 0 aromatic heterocycles. The van der Waals surface area contributed by atoms with Crippen molar-refractivity contribution in [2.24, 2.45) is 10.8 Å². The van der Waals surface area contributed by atoms with E-state index in [0.717, 1.165) is 24.8 Å². The SMILES string of the molecule is C=C1C(=O)C=CC(C)(C)C12CCC(C)(Cl)C(Br)C2. The van der Waals surface area contributed by atoms with E-state index in [1.807, 2.05) is 6.08 Å². The molecule has 18 heavy (non-hydrogen) atoms. The van der Waals surface area contributed by atoms with E-state index in [0.29, 0.717) is 0 Å². The van der Waals surface area contributed by atoms with Gasteiger partial charge in [0, 0.05) is 10.2 Å². The third-order valence-electron chi connectivity index (χ3n) is 4.98. The predicted octanol–water partition coefficient (Wildman–Crippen LogP) is 4.64. The summed E-state index contributed by atoms with van der Waals surface area (Å²) in [4.78, 5) is 12.0. The minimum Gasteiger partial charge on any atom is -0.290 e. The molecule has 1 fully saturated rings. The van der Waals surface area contributed by atoms with Crippen LogP contribution in [0.2, 0.25) is 0 Å². The summed E-state index contributed by atoms with van der Waals surface area (Å²) in [5.74, 6) is 0.0761. The number of halogens is 2. The van der Waals surface area contributed by atoms with Crippen LogP contribution in [0.1, 0.15) is 40.0 Å². The largest absolute Gasteiger partial charge is 0.290 e. The molecule has 0 aromatic rings. The minimum absolute atomic E-state index is 0.0442. The monoisotopic (exact) mass is 330 g/mol. The van der Waals surface area contributed by atoms with Crippen molar-refractivity contribution >= 4 is 33.3 Å². The van der Waals surface area contributed by atoms with Crippen molar-refractivity contribution < 1.29 is 4.79 Å². The molecule has 3 heteroatoms. The van der Waals surface area contributed by atoms with Gasteiger partial charge in [-0.1, -0.05) is 42.4 Å². The van der Waals surface area contributed by atoms with Gasteiger partial charge in [-0.15, -0.1) is 11.6 Å². The molecule has 1 nitrogen and oxygen atoms in total. The predicted molar refractivity (Wildman–Crippen MR) is 80.3 cm³/mol. The number of ketones is 1. The number of rotatable bonds is 0. The summed E-state index contributed by atoms with van der Waals surface area (Å²) in [6.07, 6.45) is 6.41. The third kappa shape index (κ3) is 1.92. The summed E-state index contributed by atoms with van der Waals surface area (Å²) < 4.78 is 0. The molecule has 0 N–H and O–H groups in total. The van der Waals surface area contributed by atoms with Gasteiger partial charge in [-0.3, -0.25) is 4.79 Å². The molecule has 1 spiro atoms. The fraction of sp³-hybridized carbons (Fsp3) is 0.667. The van der Waals surface area contributed by atoms with E-state index >= 15 is 0 Å². The number of carbonyl (C=O) groups is 1. The molecule has 0 aliphatic heterocycles. The highest BCUT2D eigenvalue weighted by atomic mass is 79.9. The topological polar surface area (TPSA) is 17.1 Å². The smallest absolute Gasteiger partial charge is 0.181 e. The standard InChI is InChI=1S/C15H20BrClO/c1-10-11(18)5-6-13(2,3)15(10)8-7-14(4,17)12(16)9-15/h5-6,12H,1,7-9H2,2-4H3. The Morgan fingerprint density at radius 2 is 2.00 bits per heavy atom. The Labute approximate surface area is 123 Å². The second-order valence-corrected chi connectivity index (χ2v) is 8.40. The molecule has 0 saturated heterocycles. The summed E-state index contributed by atoms with van der Waals surface area (Å²) in [5, 5.41) is 0. The number of hydrogen-bond donors (Lipinski definition) is 0. The highest BCUT2D eigenvalue weighted by Gasteiger charge is 2.55. The van der Waals surface area contributed by atoms with Gasteiger partial charge in [-0.05, 0) is 43.3 Å². The summed E-state index contributed by atoms with van der Waals surface area (Å²) in [7, 11) is 0. The quantitative estimate of drug-likeness (QED) is 0.467. The number of hydrogen-bond acceptors (Lipinski definition) is 1. The molecule has 2 aliphatic rings. The molecule has 2 rings (SSSR count). The maximum Gasteiger partial charge on any atom is 0.181 e. The van der Waals surface area contributed by atoms with Crippen molar-refractivity contribution in [1.29, 1.82) is 0 Å². The van der Waals surface area contributed by atoms with Crippen molar-refractivity contribution in [1.82, 2.24) is 0 Å². The van der Waals surface area contributed by atoms with Gasteiger partial charge < -0.3 is 0 Å². The lowest BCUT2D eigenvalue weighted by atomic mass is 9.51. The van der Waals surface area contributed by atoms with Crippen molar-refractivity contribution in [3.63, 3.8) is 0 Å². The first-order valence-corrected chi connectivity index (χ1v) is 7.68. The van der Waals surface area contributed by atoms with Crippen molar-refractivity contribution in [2.45, 2.75) is 49.7 Å². The van der Waals surface area contributed by atoms with Gasteiger partial charge in [-0.25, -0.2) is 0 Å². The zero-order valence-electron chi connectivity index (χ0n) is 11.2. The van der Waals surface area contributed by atoms with Gasteiger partial charge >= 0.3 is 0 Å².